The highest BCUT2D eigenvalue weighted by atomic mass is 32.1. The SMILES string of the molecule is COc1cc(C)c2cc3sc4cc5c(C)cc(=[O+]C)cc(C)c5c4cc3c2c(C)c1. The first-order valence-corrected chi connectivity index (χ1v) is 11.0. The van der Waals surface area contributed by atoms with Crippen molar-refractivity contribution in [2.75, 3.05) is 14.2 Å². The van der Waals surface area contributed by atoms with Crippen LogP contribution in [0.3, 0.4) is 0 Å². The van der Waals surface area contributed by atoms with E-state index >= 15 is 0 Å². The lowest BCUT2D eigenvalue weighted by Gasteiger charge is -1.99. The molecular weight excluding hydrogens is 388 g/mol. The number of ether oxygens (including phenoxy) is 1. The van der Waals surface area contributed by atoms with Crippen LogP contribution in [-0.2, 0) is 0 Å². The number of hydrogen-bond acceptors (Lipinski definition) is 2. The highest BCUT2D eigenvalue weighted by molar-refractivity contribution is 7.25. The lowest BCUT2D eigenvalue weighted by molar-refractivity contribution is 0.415. The fourth-order valence-corrected chi connectivity index (χ4v) is 5.89. The summed E-state index contributed by atoms with van der Waals surface area (Å²) in [7, 11) is 3.47. The van der Waals surface area contributed by atoms with Gasteiger partial charge in [0.2, 0.25) is 0 Å². The summed E-state index contributed by atoms with van der Waals surface area (Å²) in [5.41, 5.74) is 5.88. The van der Waals surface area contributed by atoms with E-state index in [1.165, 1.54) is 64.0 Å². The Bertz CT molecular complexity index is 1570. The highest BCUT2D eigenvalue weighted by Gasteiger charge is 2.15. The van der Waals surface area contributed by atoms with E-state index < -0.39 is 0 Å². The Kier molecular flexibility index (Phi) is 4.33. The molecule has 0 atom stereocenters. The van der Waals surface area contributed by atoms with Crippen molar-refractivity contribution < 1.29 is 4.74 Å². The molecule has 150 valence electrons. The number of aryl methyl sites for hydroxylation is 4. The minimum absolute atomic E-state index is 0.906. The zero-order valence-corrected chi connectivity index (χ0v) is 19.1. The molecule has 0 fully saturated rings. The predicted octanol–water partition coefficient (Wildman–Crippen LogP) is 7.13. The fraction of sp³-hybridized carbons (Fsp3) is 0.222. The molecule has 5 aromatic rings. The molecule has 0 aliphatic rings. The summed E-state index contributed by atoms with van der Waals surface area (Å²) in [6.45, 7) is 8.70. The van der Waals surface area contributed by atoms with E-state index in [1.807, 2.05) is 11.3 Å². The molecule has 0 spiro atoms. The second kappa shape index (κ2) is 6.82. The van der Waals surface area contributed by atoms with Gasteiger partial charge in [-0.15, -0.1) is 11.3 Å². The van der Waals surface area contributed by atoms with E-state index in [1.54, 1.807) is 14.2 Å². The lowest BCUT2D eigenvalue weighted by atomic mass is 10.1. The molecule has 0 saturated heterocycles. The van der Waals surface area contributed by atoms with Crippen LogP contribution in [0.15, 0.2) is 46.9 Å². The molecule has 3 heteroatoms. The standard InChI is InChI=1S/C27H25O2S/c1-14-7-18(28-5)9-16(3)26-20(14)12-24-22(26)11-23-25(30-24)13-21-15(2)8-19(29-6)10-17(4)27(21)23/h7-13H,1-6H3/q+1. The first-order chi connectivity index (χ1) is 14.4. The molecule has 0 bridgehead atoms. The van der Waals surface area contributed by atoms with Crippen LogP contribution in [0.5, 0.6) is 5.75 Å². The van der Waals surface area contributed by atoms with Crippen molar-refractivity contribution in [3.05, 3.63) is 74.6 Å². The fourth-order valence-electron chi connectivity index (χ4n) is 4.76. The number of hydrogen-bond donors (Lipinski definition) is 0. The smallest absolute Gasteiger partial charge is 0.343 e. The van der Waals surface area contributed by atoms with Crippen LogP contribution in [0.25, 0.3) is 41.7 Å². The van der Waals surface area contributed by atoms with Crippen LogP contribution in [0, 0.1) is 27.7 Å². The Hall–Kier alpha value is -2.91. The first-order valence-electron chi connectivity index (χ1n) is 10.2. The molecule has 5 rings (SSSR count). The summed E-state index contributed by atoms with van der Waals surface area (Å²) in [5, 5.41) is 7.91. The molecule has 1 aromatic heterocycles. The maximum atomic E-state index is 5.56. The first kappa shape index (κ1) is 19.1. The summed E-state index contributed by atoms with van der Waals surface area (Å²) in [6, 6.07) is 15.6. The van der Waals surface area contributed by atoms with Gasteiger partial charge in [-0.2, -0.15) is 0 Å². The number of rotatable bonds is 1. The maximum Gasteiger partial charge on any atom is 0.343 e. The topological polar surface area (TPSA) is 20.5 Å². The van der Waals surface area contributed by atoms with E-state index in [0.717, 1.165) is 11.2 Å². The molecule has 30 heavy (non-hydrogen) atoms. The van der Waals surface area contributed by atoms with Gasteiger partial charge in [0.05, 0.1) is 7.11 Å². The zero-order chi connectivity index (χ0) is 21.2. The van der Waals surface area contributed by atoms with Gasteiger partial charge in [0.1, 0.15) is 5.75 Å². The van der Waals surface area contributed by atoms with Crippen molar-refractivity contribution in [3.8, 4) is 5.75 Å². The molecule has 0 radical (unpaired) electrons. The molecule has 0 aliphatic heterocycles. The van der Waals surface area contributed by atoms with Gasteiger partial charge >= 0.3 is 5.43 Å². The van der Waals surface area contributed by atoms with Crippen LogP contribution >= 0.6 is 11.3 Å². The summed E-state index contributed by atoms with van der Waals surface area (Å²) in [5.74, 6) is 0.906. The van der Waals surface area contributed by atoms with Gasteiger partial charge in [-0.1, -0.05) is 0 Å². The summed E-state index contributed by atoms with van der Waals surface area (Å²) >= 11 is 1.89. The second-order valence-corrected chi connectivity index (χ2v) is 9.27. The molecule has 0 amide bonds. The molecule has 0 unspecified atom stereocenters. The van der Waals surface area contributed by atoms with Gasteiger partial charge in [-0.25, -0.2) is 0 Å². The molecule has 0 saturated carbocycles. The maximum absolute atomic E-state index is 5.56. The molecule has 2 nitrogen and oxygen atoms in total. The van der Waals surface area contributed by atoms with Crippen LogP contribution < -0.4 is 10.2 Å². The lowest BCUT2D eigenvalue weighted by Crippen LogP contribution is -1.96. The van der Waals surface area contributed by atoms with Crippen LogP contribution in [0.1, 0.15) is 22.3 Å². The molecule has 0 N–H and O–H groups in total. The van der Waals surface area contributed by atoms with E-state index in [0.29, 0.717) is 0 Å². The molecular formula is C27H25O2S+. The van der Waals surface area contributed by atoms with Crippen molar-refractivity contribution in [1.29, 1.82) is 0 Å². The van der Waals surface area contributed by atoms with Gasteiger partial charge in [-0.3, -0.25) is 4.42 Å². The Labute approximate surface area is 180 Å². The summed E-state index contributed by atoms with van der Waals surface area (Å²) in [6.07, 6.45) is 0. The summed E-state index contributed by atoms with van der Waals surface area (Å²) < 4.78 is 13.8. The number of methoxy groups -OCH3 is 1. The minimum Gasteiger partial charge on any atom is -0.497 e. The van der Waals surface area contributed by atoms with Gasteiger partial charge in [0.15, 0.2) is 0 Å². The predicted molar refractivity (Wildman–Crippen MR) is 132 cm³/mol. The Morgan fingerprint density at radius 1 is 0.633 bits per heavy atom. The van der Waals surface area contributed by atoms with Crippen LogP contribution in [-0.4, -0.2) is 14.2 Å². The van der Waals surface area contributed by atoms with Crippen molar-refractivity contribution in [2.24, 2.45) is 0 Å². The Morgan fingerprint density at radius 2 is 1.13 bits per heavy atom. The van der Waals surface area contributed by atoms with Gasteiger partial charge < -0.3 is 4.74 Å². The normalized spacial score (nSPS) is 12.5. The van der Waals surface area contributed by atoms with Crippen molar-refractivity contribution in [1.82, 2.24) is 0 Å². The third-order valence-electron chi connectivity index (χ3n) is 6.21. The van der Waals surface area contributed by atoms with Crippen molar-refractivity contribution in [3.63, 3.8) is 0 Å². The molecule has 4 aromatic carbocycles. The van der Waals surface area contributed by atoms with Gasteiger partial charge in [0, 0.05) is 32.3 Å². The van der Waals surface area contributed by atoms with E-state index in [2.05, 4.69) is 70.2 Å². The Balaban J connectivity index is 2.01. The van der Waals surface area contributed by atoms with Crippen LogP contribution in [0.4, 0.5) is 0 Å². The average molecular weight is 414 g/mol. The zero-order valence-electron chi connectivity index (χ0n) is 18.3. The van der Waals surface area contributed by atoms with Crippen molar-refractivity contribution in [2.45, 2.75) is 27.7 Å². The van der Waals surface area contributed by atoms with Gasteiger partial charge in [-0.05, 0) is 102 Å². The monoisotopic (exact) mass is 413 g/mol. The largest absolute Gasteiger partial charge is 0.497 e. The summed E-state index contributed by atoms with van der Waals surface area (Å²) in [4.78, 5) is 0. The third-order valence-corrected chi connectivity index (χ3v) is 7.33. The van der Waals surface area contributed by atoms with E-state index in [-0.39, 0.29) is 0 Å². The Morgan fingerprint density at radius 3 is 1.70 bits per heavy atom. The van der Waals surface area contributed by atoms with E-state index in [4.69, 9.17) is 9.16 Å². The molecule has 0 aliphatic carbocycles. The quantitative estimate of drug-likeness (QED) is 0.268. The third kappa shape index (κ3) is 2.73. The van der Waals surface area contributed by atoms with Gasteiger partial charge in [0.25, 0.3) is 7.11 Å². The second-order valence-electron chi connectivity index (χ2n) is 8.19. The van der Waals surface area contributed by atoms with E-state index in [9.17, 15) is 0 Å². The number of fused-ring (bicyclic) bond motifs is 6. The highest BCUT2D eigenvalue weighted by Crippen LogP contribution is 2.42. The van der Waals surface area contributed by atoms with Crippen LogP contribution in [0.2, 0.25) is 0 Å². The average Bonchev–Trinajstić information content (AvgIpc) is 3.21. The minimum atomic E-state index is 0.906. The van der Waals surface area contributed by atoms with Crippen molar-refractivity contribution >= 4 is 53.1 Å². The molecule has 1 heterocycles.